The van der Waals surface area contributed by atoms with E-state index in [9.17, 15) is 9.59 Å². The Labute approximate surface area is 90.6 Å². The van der Waals surface area contributed by atoms with Crippen LogP contribution in [0.15, 0.2) is 42.7 Å². The monoisotopic (exact) mass is 213 g/mol. The molecule has 16 heavy (non-hydrogen) atoms. The van der Waals surface area contributed by atoms with E-state index < -0.39 is 0 Å². The zero-order chi connectivity index (χ0) is 11.1. The van der Waals surface area contributed by atoms with Crippen molar-refractivity contribution in [3.63, 3.8) is 0 Å². The third kappa shape index (κ3) is 1.08. The maximum Gasteiger partial charge on any atom is 0.273 e. The van der Waals surface area contributed by atoms with Crippen molar-refractivity contribution >= 4 is 22.8 Å². The van der Waals surface area contributed by atoms with Gasteiger partial charge in [0.05, 0.1) is 11.0 Å². The zero-order valence-electron chi connectivity index (χ0n) is 8.20. The molecule has 0 bridgehead atoms. The summed E-state index contributed by atoms with van der Waals surface area (Å²) in [7, 11) is 0. The van der Waals surface area contributed by atoms with E-state index in [1.807, 2.05) is 18.2 Å². The van der Waals surface area contributed by atoms with E-state index in [0.29, 0.717) is 0 Å². The highest BCUT2D eigenvalue weighted by atomic mass is 16.2. The fraction of sp³-hybridized carbons (Fsp3) is 0. The lowest BCUT2D eigenvalue weighted by Crippen LogP contribution is -2.39. The van der Waals surface area contributed by atoms with Gasteiger partial charge in [0.25, 0.3) is 11.8 Å². The van der Waals surface area contributed by atoms with Gasteiger partial charge in [0.2, 0.25) is 0 Å². The van der Waals surface area contributed by atoms with E-state index in [0.717, 1.165) is 16.0 Å². The number of rotatable bonds is 1. The summed E-state index contributed by atoms with van der Waals surface area (Å²) in [5.41, 5.74) is 1.47. The molecule has 2 heterocycles. The van der Waals surface area contributed by atoms with Gasteiger partial charge in [-0.25, -0.2) is 9.66 Å². The third-order valence-corrected chi connectivity index (χ3v) is 2.44. The van der Waals surface area contributed by atoms with Crippen molar-refractivity contribution in [3.05, 3.63) is 42.7 Å². The predicted molar refractivity (Wildman–Crippen MR) is 57.1 cm³/mol. The lowest BCUT2D eigenvalue weighted by Gasteiger charge is -2.14. The lowest BCUT2D eigenvalue weighted by atomic mass is 10.3. The second-order valence-electron chi connectivity index (χ2n) is 3.40. The van der Waals surface area contributed by atoms with E-state index in [-0.39, 0.29) is 11.8 Å². The Morgan fingerprint density at radius 1 is 1.00 bits per heavy atom. The Bertz CT molecular complexity index is 609. The van der Waals surface area contributed by atoms with Crippen molar-refractivity contribution in [1.82, 2.24) is 9.66 Å². The smallest absolute Gasteiger partial charge is 0.267 e. The average molecular weight is 213 g/mol. The fourth-order valence-electron chi connectivity index (χ4n) is 1.71. The van der Waals surface area contributed by atoms with E-state index in [1.165, 1.54) is 23.2 Å². The van der Waals surface area contributed by atoms with Crippen LogP contribution in [0, 0.1) is 0 Å². The summed E-state index contributed by atoms with van der Waals surface area (Å²) in [5, 5.41) is 1.05. The molecule has 1 aliphatic heterocycles. The molecule has 1 aromatic heterocycles. The van der Waals surface area contributed by atoms with E-state index >= 15 is 0 Å². The van der Waals surface area contributed by atoms with E-state index in [1.54, 1.807) is 6.07 Å². The maximum absolute atomic E-state index is 11.5. The summed E-state index contributed by atoms with van der Waals surface area (Å²) in [6, 6.07) is 7.32. The summed E-state index contributed by atoms with van der Waals surface area (Å²) < 4.78 is 1.46. The van der Waals surface area contributed by atoms with Crippen molar-refractivity contribution in [2.24, 2.45) is 0 Å². The Kier molecular flexibility index (Phi) is 1.67. The molecule has 0 saturated carbocycles. The highest BCUT2D eigenvalue weighted by molar-refractivity contribution is 6.23. The molecule has 0 aliphatic carbocycles. The molecule has 0 radical (unpaired) electrons. The predicted octanol–water partition coefficient (Wildman–Crippen LogP) is 0.597. The molecule has 5 heteroatoms. The Hall–Kier alpha value is -2.43. The van der Waals surface area contributed by atoms with Crippen LogP contribution in [0.3, 0.4) is 0 Å². The van der Waals surface area contributed by atoms with Gasteiger partial charge in [-0.1, -0.05) is 12.1 Å². The number of hydrogen-bond donors (Lipinski definition) is 0. The fourth-order valence-corrected chi connectivity index (χ4v) is 1.71. The number of imide groups is 1. The zero-order valence-corrected chi connectivity index (χ0v) is 8.20. The minimum atomic E-state index is -0.354. The maximum atomic E-state index is 11.5. The summed E-state index contributed by atoms with van der Waals surface area (Å²) in [5.74, 6) is -0.707. The first kappa shape index (κ1) is 8.84. The molecule has 2 aromatic rings. The average Bonchev–Trinajstić information content (AvgIpc) is 2.83. The van der Waals surface area contributed by atoms with Gasteiger partial charge in [-0.05, 0) is 12.1 Å². The topological polar surface area (TPSA) is 55.2 Å². The normalized spacial score (nSPS) is 15.4. The van der Waals surface area contributed by atoms with Gasteiger partial charge in [-0.15, -0.1) is 0 Å². The molecule has 2 amide bonds. The number of nitrogens with zero attached hydrogens (tertiary/aromatic N) is 3. The molecule has 0 fully saturated rings. The van der Waals surface area contributed by atoms with Crippen LogP contribution in [0.5, 0.6) is 0 Å². The quantitative estimate of drug-likeness (QED) is 0.652. The number of aromatic nitrogens is 2. The number of fused-ring (bicyclic) bond motifs is 1. The molecule has 3 rings (SSSR count). The number of carbonyl (C=O) groups is 2. The summed E-state index contributed by atoms with van der Waals surface area (Å²) >= 11 is 0. The van der Waals surface area contributed by atoms with Crippen LogP contribution < -0.4 is 5.01 Å². The number of carbonyl (C=O) groups excluding carboxylic acids is 2. The number of amides is 2. The highest BCUT2D eigenvalue weighted by Gasteiger charge is 2.26. The van der Waals surface area contributed by atoms with Crippen molar-refractivity contribution < 1.29 is 9.59 Å². The second-order valence-corrected chi connectivity index (χ2v) is 3.40. The summed E-state index contributed by atoms with van der Waals surface area (Å²) in [4.78, 5) is 27.1. The Morgan fingerprint density at radius 3 is 2.44 bits per heavy atom. The van der Waals surface area contributed by atoms with Gasteiger partial charge in [0.15, 0.2) is 0 Å². The van der Waals surface area contributed by atoms with Crippen molar-refractivity contribution in [2.45, 2.75) is 0 Å². The molecule has 0 spiro atoms. The number of benzene rings is 1. The van der Waals surface area contributed by atoms with Gasteiger partial charge in [-0.3, -0.25) is 9.59 Å². The van der Waals surface area contributed by atoms with Crippen LogP contribution in [0.25, 0.3) is 11.0 Å². The first-order chi connectivity index (χ1) is 7.77. The van der Waals surface area contributed by atoms with Crippen molar-refractivity contribution in [1.29, 1.82) is 0 Å². The summed E-state index contributed by atoms with van der Waals surface area (Å²) in [6.07, 6.45) is 3.96. The van der Waals surface area contributed by atoms with Gasteiger partial charge in [-0.2, -0.15) is 5.01 Å². The van der Waals surface area contributed by atoms with Crippen LogP contribution in [-0.2, 0) is 9.59 Å². The van der Waals surface area contributed by atoms with Gasteiger partial charge < -0.3 is 0 Å². The van der Waals surface area contributed by atoms with Gasteiger partial charge in [0, 0.05) is 12.2 Å². The third-order valence-electron chi connectivity index (χ3n) is 2.44. The molecule has 5 nitrogen and oxygen atoms in total. The molecule has 1 aliphatic rings. The van der Waals surface area contributed by atoms with Crippen LogP contribution in [0.1, 0.15) is 0 Å². The molecule has 0 saturated heterocycles. The van der Waals surface area contributed by atoms with Crippen LogP contribution in [-0.4, -0.2) is 21.5 Å². The van der Waals surface area contributed by atoms with Crippen LogP contribution in [0.4, 0.5) is 0 Å². The van der Waals surface area contributed by atoms with Gasteiger partial charge >= 0.3 is 0 Å². The van der Waals surface area contributed by atoms with Gasteiger partial charge in [0.1, 0.15) is 6.33 Å². The summed E-state index contributed by atoms with van der Waals surface area (Å²) in [6.45, 7) is 0. The number of hydrogen-bond acceptors (Lipinski definition) is 3. The molecular weight excluding hydrogens is 206 g/mol. The molecule has 1 aromatic carbocycles. The van der Waals surface area contributed by atoms with Crippen LogP contribution >= 0.6 is 0 Å². The minimum absolute atomic E-state index is 0.354. The first-order valence-corrected chi connectivity index (χ1v) is 4.76. The SMILES string of the molecule is O=C1C=CC(=O)N1n1cnc2ccccc21. The van der Waals surface area contributed by atoms with E-state index in [4.69, 9.17) is 0 Å². The highest BCUT2D eigenvalue weighted by Crippen LogP contribution is 2.14. The van der Waals surface area contributed by atoms with Crippen molar-refractivity contribution in [3.8, 4) is 0 Å². The second kappa shape index (κ2) is 3.03. The largest absolute Gasteiger partial charge is 0.273 e. The molecule has 78 valence electrons. The van der Waals surface area contributed by atoms with Crippen molar-refractivity contribution in [2.75, 3.05) is 5.01 Å². The Morgan fingerprint density at radius 2 is 1.69 bits per heavy atom. The molecule has 0 atom stereocenters. The number of imidazole rings is 1. The molecular formula is C11H7N3O2. The first-order valence-electron chi connectivity index (χ1n) is 4.76. The Balaban J connectivity index is 2.20. The molecule has 0 unspecified atom stereocenters. The van der Waals surface area contributed by atoms with Crippen LogP contribution in [0.2, 0.25) is 0 Å². The standard InChI is InChI=1S/C11H7N3O2/c15-10-5-6-11(16)14(10)13-7-12-8-3-1-2-4-9(8)13/h1-7H. The van der Waals surface area contributed by atoms with E-state index in [2.05, 4.69) is 4.98 Å². The number of para-hydroxylation sites is 2. The minimum Gasteiger partial charge on any atom is -0.267 e. The lowest BCUT2D eigenvalue weighted by molar-refractivity contribution is -0.122. The molecule has 0 N–H and O–H groups in total.